The summed E-state index contributed by atoms with van der Waals surface area (Å²) in [5.41, 5.74) is 6.32. The van der Waals surface area contributed by atoms with E-state index >= 15 is 0 Å². The topological polar surface area (TPSA) is 72.2 Å². The van der Waals surface area contributed by atoms with Gasteiger partial charge in [0.1, 0.15) is 4.90 Å². The predicted molar refractivity (Wildman–Crippen MR) is 76.5 cm³/mol. The smallest absolute Gasteiger partial charge is 0.242 e. The number of rotatable bonds is 6. The summed E-state index contributed by atoms with van der Waals surface area (Å²) in [7, 11) is -3.53. The van der Waals surface area contributed by atoms with Crippen LogP contribution in [0.5, 0.6) is 0 Å². The Hall–Kier alpha value is -0.620. The van der Waals surface area contributed by atoms with Gasteiger partial charge in [0.15, 0.2) is 0 Å². The molecule has 0 spiro atoms. The first-order valence-corrected chi connectivity index (χ1v) is 8.35. The van der Waals surface area contributed by atoms with Gasteiger partial charge in [0.2, 0.25) is 10.0 Å². The zero-order chi connectivity index (χ0) is 14.0. The van der Waals surface area contributed by atoms with Gasteiger partial charge in [0.25, 0.3) is 0 Å². The summed E-state index contributed by atoms with van der Waals surface area (Å²) in [6.07, 6.45) is 3.06. The molecule has 6 heteroatoms. The van der Waals surface area contributed by atoms with Gasteiger partial charge in [0, 0.05) is 12.6 Å². The van der Waals surface area contributed by atoms with Crippen molar-refractivity contribution < 1.29 is 8.42 Å². The molecule has 19 heavy (non-hydrogen) atoms. The molecule has 0 bridgehead atoms. The molecule has 3 N–H and O–H groups in total. The molecule has 1 aromatic carbocycles. The van der Waals surface area contributed by atoms with Crippen LogP contribution in [0.3, 0.4) is 0 Å². The van der Waals surface area contributed by atoms with Crippen molar-refractivity contribution in [2.75, 3.05) is 0 Å². The van der Waals surface area contributed by atoms with Crippen molar-refractivity contribution in [3.05, 3.63) is 28.8 Å². The van der Waals surface area contributed by atoms with Crippen molar-refractivity contribution in [1.29, 1.82) is 0 Å². The van der Waals surface area contributed by atoms with Gasteiger partial charge >= 0.3 is 0 Å². The minimum Gasteiger partial charge on any atom is -0.326 e. The third kappa shape index (κ3) is 3.48. The second-order valence-electron chi connectivity index (χ2n) is 4.98. The fraction of sp³-hybridized carbons (Fsp3) is 0.538. The summed E-state index contributed by atoms with van der Waals surface area (Å²) in [6, 6.07) is 4.88. The monoisotopic (exact) mass is 302 g/mol. The van der Waals surface area contributed by atoms with Gasteiger partial charge in [-0.1, -0.05) is 31.0 Å². The highest BCUT2D eigenvalue weighted by Crippen LogP contribution is 2.36. The van der Waals surface area contributed by atoms with Crippen LogP contribution >= 0.6 is 11.6 Å². The van der Waals surface area contributed by atoms with E-state index in [1.54, 1.807) is 12.1 Å². The number of hydrogen-bond donors (Lipinski definition) is 2. The molecule has 0 saturated heterocycles. The highest BCUT2D eigenvalue weighted by molar-refractivity contribution is 7.89. The van der Waals surface area contributed by atoms with E-state index in [0.29, 0.717) is 12.5 Å². The van der Waals surface area contributed by atoms with Crippen LogP contribution < -0.4 is 10.5 Å². The zero-order valence-electron chi connectivity index (χ0n) is 10.9. The van der Waals surface area contributed by atoms with E-state index in [0.717, 1.165) is 24.8 Å². The van der Waals surface area contributed by atoms with Crippen molar-refractivity contribution >= 4 is 21.6 Å². The number of sulfonamides is 1. The van der Waals surface area contributed by atoms with E-state index in [2.05, 4.69) is 11.6 Å². The maximum absolute atomic E-state index is 12.2. The SMILES string of the molecule is CCCC1CC1NS(=O)(=O)c1ccc(CN)cc1Cl. The molecule has 2 atom stereocenters. The maximum Gasteiger partial charge on any atom is 0.242 e. The first-order chi connectivity index (χ1) is 8.97. The lowest BCUT2D eigenvalue weighted by molar-refractivity contribution is 0.573. The van der Waals surface area contributed by atoms with E-state index in [1.807, 2.05) is 0 Å². The van der Waals surface area contributed by atoms with Gasteiger partial charge in [-0.2, -0.15) is 0 Å². The second kappa shape index (κ2) is 5.79. The molecule has 4 nitrogen and oxygen atoms in total. The lowest BCUT2D eigenvalue weighted by Crippen LogP contribution is -2.27. The molecule has 0 amide bonds. The third-order valence-electron chi connectivity index (χ3n) is 3.41. The van der Waals surface area contributed by atoms with Gasteiger partial charge in [-0.05, 0) is 36.5 Å². The molecule has 1 saturated carbocycles. The molecule has 0 radical (unpaired) electrons. The summed E-state index contributed by atoms with van der Waals surface area (Å²) in [4.78, 5) is 0.133. The average Bonchev–Trinajstić information content (AvgIpc) is 3.06. The normalized spacial score (nSPS) is 22.5. The molecule has 1 aromatic rings. The van der Waals surface area contributed by atoms with Crippen molar-refractivity contribution in [2.45, 2.75) is 43.7 Å². The standard InChI is InChI=1S/C13H19ClN2O2S/c1-2-3-10-7-12(10)16-19(17,18)13-5-4-9(8-15)6-11(13)14/h4-6,10,12,16H,2-3,7-8,15H2,1H3. The van der Waals surface area contributed by atoms with Crippen LogP contribution in [0.15, 0.2) is 23.1 Å². The van der Waals surface area contributed by atoms with E-state index in [4.69, 9.17) is 17.3 Å². The molecular formula is C13H19ClN2O2S. The summed E-state index contributed by atoms with van der Waals surface area (Å²) >= 11 is 6.02. The number of nitrogens with two attached hydrogens (primary N) is 1. The van der Waals surface area contributed by atoms with Crippen LogP contribution in [-0.4, -0.2) is 14.5 Å². The molecule has 0 aliphatic heterocycles. The number of halogens is 1. The van der Waals surface area contributed by atoms with E-state index in [-0.39, 0.29) is 16.0 Å². The number of benzene rings is 1. The molecule has 1 aliphatic carbocycles. The number of nitrogens with one attached hydrogen (secondary N) is 1. The van der Waals surface area contributed by atoms with Crippen molar-refractivity contribution in [2.24, 2.45) is 11.7 Å². The molecule has 0 heterocycles. The van der Waals surface area contributed by atoms with Crippen LogP contribution in [0.2, 0.25) is 5.02 Å². The van der Waals surface area contributed by atoms with Crippen molar-refractivity contribution in [3.8, 4) is 0 Å². The summed E-state index contributed by atoms with van der Waals surface area (Å²) in [5.74, 6) is 0.474. The molecule has 2 rings (SSSR count). The van der Waals surface area contributed by atoms with Gasteiger partial charge in [-0.15, -0.1) is 0 Å². The average molecular weight is 303 g/mol. The minimum atomic E-state index is -3.53. The summed E-state index contributed by atoms with van der Waals surface area (Å²) in [5, 5.41) is 0.225. The van der Waals surface area contributed by atoms with Gasteiger partial charge in [0.05, 0.1) is 5.02 Å². The third-order valence-corrected chi connectivity index (χ3v) is 5.38. The lowest BCUT2D eigenvalue weighted by Gasteiger charge is -2.09. The fourth-order valence-corrected chi connectivity index (χ4v) is 4.12. The molecule has 1 aliphatic rings. The Morgan fingerprint density at radius 3 is 2.79 bits per heavy atom. The Bertz CT molecular complexity index is 560. The summed E-state index contributed by atoms with van der Waals surface area (Å²) in [6.45, 7) is 2.45. The summed E-state index contributed by atoms with van der Waals surface area (Å²) < 4.78 is 27.2. The van der Waals surface area contributed by atoms with Crippen LogP contribution in [-0.2, 0) is 16.6 Å². The van der Waals surface area contributed by atoms with Crippen LogP contribution in [0.4, 0.5) is 0 Å². The van der Waals surface area contributed by atoms with E-state index in [1.165, 1.54) is 6.07 Å². The fourth-order valence-electron chi connectivity index (χ4n) is 2.23. The number of hydrogen-bond acceptors (Lipinski definition) is 3. The zero-order valence-corrected chi connectivity index (χ0v) is 12.5. The Labute approximate surface area is 119 Å². The Balaban J connectivity index is 2.12. The van der Waals surface area contributed by atoms with Gasteiger partial charge in [-0.3, -0.25) is 0 Å². The first-order valence-electron chi connectivity index (χ1n) is 6.48. The Kier molecular flexibility index (Phi) is 4.50. The quantitative estimate of drug-likeness (QED) is 0.846. The minimum absolute atomic E-state index is 0.0650. The molecule has 1 fully saturated rings. The van der Waals surface area contributed by atoms with Gasteiger partial charge in [-0.25, -0.2) is 13.1 Å². The molecule has 2 unspecified atom stereocenters. The predicted octanol–water partition coefficient (Wildman–Crippen LogP) is 2.27. The van der Waals surface area contributed by atoms with Crippen molar-refractivity contribution in [3.63, 3.8) is 0 Å². The molecule has 106 valence electrons. The maximum atomic E-state index is 12.2. The molecule has 0 aromatic heterocycles. The van der Waals surface area contributed by atoms with Gasteiger partial charge < -0.3 is 5.73 Å². The second-order valence-corrected chi connectivity index (χ2v) is 7.07. The Morgan fingerprint density at radius 2 is 2.21 bits per heavy atom. The van der Waals surface area contributed by atoms with Crippen molar-refractivity contribution in [1.82, 2.24) is 4.72 Å². The van der Waals surface area contributed by atoms with E-state index < -0.39 is 10.0 Å². The van der Waals surface area contributed by atoms with Crippen LogP contribution in [0, 0.1) is 5.92 Å². The lowest BCUT2D eigenvalue weighted by atomic mass is 10.2. The Morgan fingerprint density at radius 1 is 1.47 bits per heavy atom. The highest BCUT2D eigenvalue weighted by atomic mass is 35.5. The largest absolute Gasteiger partial charge is 0.326 e. The highest BCUT2D eigenvalue weighted by Gasteiger charge is 2.39. The first kappa shape index (κ1) is 14.8. The van der Waals surface area contributed by atoms with Crippen LogP contribution in [0.1, 0.15) is 31.7 Å². The molecular weight excluding hydrogens is 284 g/mol. The van der Waals surface area contributed by atoms with E-state index in [9.17, 15) is 8.42 Å². The van der Waals surface area contributed by atoms with Crippen LogP contribution in [0.25, 0.3) is 0 Å².